The predicted molar refractivity (Wildman–Crippen MR) is 43.4 cm³/mol. The lowest BCUT2D eigenvalue weighted by atomic mass is 10.4. The summed E-state index contributed by atoms with van der Waals surface area (Å²) in [4.78, 5) is 4.25. The Morgan fingerprint density at radius 3 is 2.73 bits per heavy atom. The van der Waals surface area contributed by atoms with Crippen molar-refractivity contribution in [3.8, 4) is 0 Å². The molecule has 0 amide bonds. The predicted octanol–water partition coefficient (Wildman–Crippen LogP) is 0.882. The van der Waals surface area contributed by atoms with Crippen molar-refractivity contribution in [2.24, 2.45) is 0 Å². The van der Waals surface area contributed by atoms with E-state index in [4.69, 9.17) is 5.11 Å². The van der Waals surface area contributed by atoms with Crippen LogP contribution in [0.15, 0.2) is 6.20 Å². The maximum atomic E-state index is 8.59. The van der Waals surface area contributed by atoms with E-state index in [1.165, 1.54) is 0 Å². The van der Waals surface area contributed by atoms with Crippen molar-refractivity contribution in [2.45, 2.75) is 26.8 Å². The van der Waals surface area contributed by atoms with Crippen molar-refractivity contribution in [3.05, 3.63) is 17.7 Å². The Morgan fingerprint density at radius 1 is 1.55 bits per heavy atom. The molecular weight excluding hydrogens is 140 g/mol. The normalized spacial score (nSPS) is 10.5. The van der Waals surface area contributed by atoms with Crippen LogP contribution in [0.2, 0.25) is 0 Å². The number of rotatable bonds is 3. The van der Waals surface area contributed by atoms with Crippen LogP contribution in [0.5, 0.6) is 0 Å². The maximum absolute atomic E-state index is 8.59. The van der Waals surface area contributed by atoms with Gasteiger partial charge in [0, 0.05) is 19.3 Å². The number of hydrogen-bond donors (Lipinski definition) is 1. The Kier molecular flexibility index (Phi) is 2.65. The van der Waals surface area contributed by atoms with Crippen LogP contribution in [-0.2, 0) is 6.54 Å². The van der Waals surface area contributed by atoms with E-state index in [9.17, 15) is 0 Å². The highest BCUT2D eigenvalue weighted by molar-refractivity contribution is 4.99. The van der Waals surface area contributed by atoms with Crippen LogP contribution in [0.3, 0.4) is 0 Å². The molecule has 0 aliphatic heterocycles. The van der Waals surface area contributed by atoms with Gasteiger partial charge in [-0.25, -0.2) is 4.98 Å². The van der Waals surface area contributed by atoms with Gasteiger partial charge in [-0.2, -0.15) is 0 Å². The molecule has 1 rings (SSSR count). The van der Waals surface area contributed by atoms with E-state index < -0.39 is 0 Å². The number of aromatic nitrogens is 2. The van der Waals surface area contributed by atoms with Crippen molar-refractivity contribution < 1.29 is 5.11 Å². The zero-order valence-corrected chi connectivity index (χ0v) is 7.04. The monoisotopic (exact) mass is 154 g/mol. The summed E-state index contributed by atoms with van der Waals surface area (Å²) >= 11 is 0. The van der Waals surface area contributed by atoms with Crippen LogP contribution in [0.1, 0.15) is 17.9 Å². The summed E-state index contributed by atoms with van der Waals surface area (Å²) in [5, 5.41) is 8.59. The molecule has 0 fully saturated rings. The summed E-state index contributed by atoms with van der Waals surface area (Å²) in [6.45, 7) is 5.06. The molecule has 0 saturated carbocycles. The molecule has 1 aromatic rings. The molecule has 0 aliphatic carbocycles. The molecule has 1 heterocycles. The number of aryl methyl sites for hydroxylation is 3. The number of aliphatic hydroxyl groups is 1. The minimum Gasteiger partial charge on any atom is -0.396 e. The van der Waals surface area contributed by atoms with Gasteiger partial charge in [0.2, 0.25) is 0 Å². The summed E-state index contributed by atoms with van der Waals surface area (Å²) in [6, 6.07) is 0. The van der Waals surface area contributed by atoms with Gasteiger partial charge in [-0.05, 0) is 20.3 Å². The Labute approximate surface area is 66.7 Å². The SMILES string of the molecule is Cc1cn(CCCO)c(C)n1. The molecule has 0 spiro atoms. The molecule has 0 unspecified atom stereocenters. The average molecular weight is 154 g/mol. The first kappa shape index (κ1) is 8.27. The van der Waals surface area contributed by atoms with E-state index >= 15 is 0 Å². The van der Waals surface area contributed by atoms with Crippen molar-refractivity contribution >= 4 is 0 Å². The van der Waals surface area contributed by atoms with Gasteiger partial charge in [-0.1, -0.05) is 0 Å². The van der Waals surface area contributed by atoms with Gasteiger partial charge >= 0.3 is 0 Å². The molecule has 1 aromatic heterocycles. The fourth-order valence-corrected chi connectivity index (χ4v) is 1.13. The van der Waals surface area contributed by atoms with Crippen LogP contribution in [-0.4, -0.2) is 21.3 Å². The van der Waals surface area contributed by atoms with E-state index in [0.717, 1.165) is 24.5 Å². The van der Waals surface area contributed by atoms with Gasteiger partial charge in [-0.15, -0.1) is 0 Å². The number of hydrogen-bond acceptors (Lipinski definition) is 2. The molecule has 0 aliphatic rings. The molecule has 1 N–H and O–H groups in total. The lowest BCUT2D eigenvalue weighted by Crippen LogP contribution is -2.00. The standard InChI is InChI=1S/C8H14N2O/c1-7-6-10(4-3-5-11)8(2)9-7/h6,11H,3-5H2,1-2H3. The molecule has 0 radical (unpaired) electrons. The lowest BCUT2D eigenvalue weighted by molar-refractivity contribution is 0.279. The molecule has 0 bridgehead atoms. The smallest absolute Gasteiger partial charge is 0.105 e. The van der Waals surface area contributed by atoms with Gasteiger partial charge in [0.25, 0.3) is 0 Å². The third-order valence-corrected chi connectivity index (χ3v) is 1.65. The quantitative estimate of drug-likeness (QED) is 0.702. The highest BCUT2D eigenvalue weighted by Crippen LogP contribution is 2.01. The van der Waals surface area contributed by atoms with Gasteiger partial charge in [0.05, 0.1) is 5.69 Å². The number of imidazole rings is 1. The first-order chi connectivity index (χ1) is 5.24. The van der Waals surface area contributed by atoms with Crippen LogP contribution in [0.25, 0.3) is 0 Å². The Morgan fingerprint density at radius 2 is 2.27 bits per heavy atom. The largest absolute Gasteiger partial charge is 0.396 e. The fraction of sp³-hybridized carbons (Fsp3) is 0.625. The second-order valence-electron chi connectivity index (χ2n) is 2.70. The summed E-state index contributed by atoms with van der Waals surface area (Å²) in [5.41, 5.74) is 1.04. The molecule has 62 valence electrons. The van der Waals surface area contributed by atoms with Crippen molar-refractivity contribution in [2.75, 3.05) is 6.61 Å². The third kappa shape index (κ3) is 2.05. The molecule has 0 atom stereocenters. The maximum Gasteiger partial charge on any atom is 0.105 e. The van der Waals surface area contributed by atoms with E-state index in [2.05, 4.69) is 9.55 Å². The topological polar surface area (TPSA) is 38.0 Å². The van der Waals surface area contributed by atoms with Gasteiger partial charge < -0.3 is 9.67 Å². The Balaban J connectivity index is 2.62. The van der Waals surface area contributed by atoms with Crippen LogP contribution < -0.4 is 0 Å². The van der Waals surface area contributed by atoms with Crippen LogP contribution >= 0.6 is 0 Å². The zero-order chi connectivity index (χ0) is 8.27. The third-order valence-electron chi connectivity index (χ3n) is 1.65. The summed E-state index contributed by atoms with van der Waals surface area (Å²) in [7, 11) is 0. The second-order valence-corrected chi connectivity index (χ2v) is 2.70. The number of nitrogens with zero attached hydrogens (tertiary/aromatic N) is 2. The van der Waals surface area contributed by atoms with Crippen molar-refractivity contribution in [1.82, 2.24) is 9.55 Å². The van der Waals surface area contributed by atoms with E-state index in [1.807, 2.05) is 20.0 Å². The Hall–Kier alpha value is -0.830. The zero-order valence-electron chi connectivity index (χ0n) is 7.04. The summed E-state index contributed by atoms with van der Waals surface area (Å²) in [6.07, 6.45) is 2.81. The van der Waals surface area contributed by atoms with Gasteiger partial charge in [-0.3, -0.25) is 0 Å². The summed E-state index contributed by atoms with van der Waals surface area (Å²) < 4.78 is 2.06. The minimum absolute atomic E-state index is 0.247. The highest BCUT2D eigenvalue weighted by Gasteiger charge is 1.98. The first-order valence-electron chi connectivity index (χ1n) is 3.85. The average Bonchev–Trinajstić information content (AvgIpc) is 2.26. The van der Waals surface area contributed by atoms with E-state index in [1.54, 1.807) is 0 Å². The molecule has 11 heavy (non-hydrogen) atoms. The lowest BCUT2D eigenvalue weighted by Gasteiger charge is -2.00. The molecular formula is C8H14N2O. The minimum atomic E-state index is 0.247. The van der Waals surface area contributed by atoms with Crippen molar-refractivity contribution in [3.63, 3.8) is 0 Å². The molecule has 0 aromatic carbocycles. The molecule has 0 saturated heterocycles. The second kappa shape index (κ2) is 3.53. The molecule has 3 heteroatoms. The van der Waals surface area contributed by atoms with Gasteiger partial charge in [0.15, 0.2) is 0 Å². The Bertz CT molecular complexity index is 230. The van der Waals surface area contributed by atoms with Gasteiger partial charge in [0.1, 0.15) is 5.82 Å². The summed E-state index contributed by atoms with van der Waals surface area (Å²) in [5.74, 6) is 1.02. The van der Waals surface area contributed by atoms with E-state index in [0.29, 0.717) is 0 Å². The number of aliphatic hydroxyl groups excluding tert-OH is 1. The van der Waals surface area contributed by atoms with Crippen LogP contribution in [0.4, 0.5) is 0 Å². The fourth-order valence-electron chi connectivity index (χ4n) is 1.13. The van der Waals surface area contributed by atoms with Crippen molar-refractivity contribution in [1.29, 1.82) is 0 Å². The van der Waals surface area contributed by atoms with Crippen LogP contribution in [0, 0.1) is 13.8 Å². The first-order valence-corrected chi connectivity index (χ1v) is 3.85. The highest BCUT2D eigenvalue weighted by atomic mass is 16.3. The van der Waals surface area contributed by atoms with E-state index in [-0.39, 0.29) is 6.61 Å². The molecule has 3 nitrogen and oxygen atoms in total.